The molecule has 1 aliphatic rings. The average Bonchev–Trinajstić information content (AvgIpc) is 3.09. The number of nitrogens with zero attached hydrogens (tertiary/aromatic N) is 1. The van der Waals surface area contributed by atoms with Crippen LogP contribution in [0.1, 0.15) is 51.2 Å². The highest BCUT2D eigenvalue weighted by atomic mass is 127. The molecule has 2 rings (SSSR count). The number of hydrogen-bond acceptors (Lipinski definition) is 3. The van der Waals surface area contributed by atoms with Gasteiger partial charge in [-0.2, -0.15) is 0 Å². The minimum Gasteiger partial charge on any atom is -0.469 e. The zero-order chi connectivity index (χ0) is 16.2. The third-order valence-corrected chi connectivity index (χ3v) is 4.06. The number of rotatable bonds is 9. The summed E-state index contributed by atoms with van der Waals surface area (Å²) in [6.45, 7) is 5.71. The maximum Gasteiger partial charge on any atom is 0.191 e. The van der Waals surface area contributed by atoms with E-state index in [1.54, 1.807) is 6.26 Å². The Morgan fingerprint density at radius 3 is 2.88 bits per heavy atom. The summed E-state index contributed by atoms with van der Waals surface area (Å²) in [6, 6.07) is 3.93. The van der Waals surface area contributed by atoms with Crippen LogP contribution in [0.3, 0.4) is 0 Å². The summed E-state index contributed by atoms with van der Waals surface area (Å²) in [6.07, 6.45) is 10.0. The maximum atomic E-state index is 5.78. The summed E-state index contributed by atoms with van der Waals surface area (Å²) in [5.41, 5.74) is 0. The fourth-order valence-corrected chi connectivity index (χ4v) is 2.67. The molecule has 1 aliphatic heterocycles. The van der Waals surface area contributed by atoms with Crippen LogP contribution in [0, 0.1) is 0 Å². The van der Waals surface area contributed by atoms with Gasteiger partial charge in [0.1, 0.15) is 5.76 Å². The lowest BCUT2D eigenvalue weighted by atomic mass is 10.1. The van der Waals surface area contributed by atoms with Gasteiger partial charge in [-0.15, -0.1) is 24.0 Å². The van der Waals surface area contributed by atoms with Crippen molar-refractivity contribution in [3.8, 4) is 0 Å². The molecular formula is C18H32IN3O2. The quantitative estimate of drug-likeness (QED) is 0.261. The van der Waals surface area contributed by atoms with Crippen LogP contribution >= 0.6 is 24.0 Å². The van der Waals surface area contributed by atoms with E-state index in [2.05, 4.69) is 22.5 Å². The van der Waals surface area contributed by atoms with E-state index in [0.29, 0.717) is 6.10 Å². The molecule has 1 atom stereocenters. The zero-order valence-corrected chi connectivity index (χ0v) is 17.1. The molecule has 1 fully saturated rings. The number of hydrogen-bond donors (Lipinski definition) is 2. The van der Waals surface area contributed by atoms with Crippen molar-refractivity contribution in [3.05, 3.63) is 24.2 Å². The van der Waals surface area contributed by atoms with E-state index in [-0.39, 0.29) is 24.0 Å². The zero-order valence-electron chi connectivity index (χ0n) is 14.8. The van der Waals surface area contributed by atoms with Gasteiger partial charge in [-0.1, -0.05) is 13.3 Å². The van der Waals surface area contributed by atoms with Crippen molar-refractivity contribution in [2.75, 3.05) is 26.2 Å². The van der Waals surface area contributed by atoms with Gasteiger partial charge in [0, 0.05) is 32.7 Å². The first-order chi connectivity index (χ1) is 11.4. The van der Waals surface area contributed by atoms with Crippen LogP contribution in [0.15, 0.2) is 27.8 Å². The Hall–Kier alpha value is -0.760. The highest BCUT2D eigenvalue weighted by Crippen LogP contribution is 2.14. The lowest BCUT2D eigenvalue weighted by molar-refractivity contribution is 0.0122. The number of aliphatic imine (C=N–C) groups is 1. The van der Waals surface area contributed by atoms with Crippen LogP contribution in [0.4, 0.5) is 0 Å². The van der Waals surface area contributed by atoms with E-state index < -0.39 is 0 Å². The molecule has 0 amide bonds. The predicted octanol–water partition coefficient (Wildman–Crippen LogP) is 3.73. The van der Waals surface area contributed by atoms with Gasteiger partial charge in [0.05, 0.1) is 12.4 Å². The smallest absolute Gasteiger partial charge is 0.191 e. The molecule has 1 saturated heterocycles. The molecule has 0 saturated carbocycles. The minimum absolute atomic E-state index is 0. The molecule has 1 aromatic rings. The summed E-state index contributed by atoms with van der Waals surface area (Å²) in [5, 5.41) is 6.83. The number of unbranched alkanes of at least 4 members (excludes halogenated alkanes) is 1. The first kappa shape index (κ1) is 21.3. The van der Waals surface area contributed by atoms with Crippen LogP contribution in [-0.4, -0.2) is 38.3 Å². The van der Waals surface area contributed by atoms with Crippen molar-refractivity contribution < 1.29 is 9.15 Å². The molecule has 5 nitrogen and oxygen atoms in total. The normalized spacial score (nSPS) is 18.0. The molecule has 2 N–H and O–H groups in total. The minimum atomic E-state index is 0. The number of guanidine groups is 1. The molecule has 6 heteroatoms. The Bertz CT molecular complexity index is 431. The molecular weight excluding hydrogens is 417 g/mol. The van der Waals surface area contributed by atoms with Crippen molar-refractivity contribution in [2.45, 2.75) is 58.0 Å². The number of nitrogens with one attached hydrogen (secondary N) is 2. The fraction of sp³-hybridized carbons (Fsp3) is 0.722. The first-order valence-corrected chi connectivity index (χ1v) is 9.04. The van der Waals surface area contributed by atoms with Crippen LogP contribution in [0.5, 0.6) is 0 Å². The summed E-state index contributed by atoms with van der Waals surface area (Å²) in [5.74, 6) is 1.90. The van der Waals surface area contributed by atoms with Crippen molar-refractivity contribution >= 4 is 29.9 Å². The van der Waals surface area contributed by atoms with E-state index in [1.165, 1.54) is 25.7 Å². The second-order valence-corrected chi connectivity index (χ2v) is 6.04. The Labute approximate surface area is 163 Å². The van der Waals surface area contributed by atoms with Crippen LogP contribution in [0.2, 0.25) is 0 Å². The topological polar surface area (TPSA) is 58.8 Å². The van der Waals surface area contributed by atoms with Crippen molar-refractivity contribution in [1.29, 1.82) is 0 Å². The lowest BCUT2D eigenvalue weighted by Gasteiger charge is -2.23. The molecule has 1 unspecified atom stereocenters. The molecule has 1 aromatic heterocycles. The molecule has 2 heterocycles. The van der Waals surface area contributed by atoms with Crippen molar-refractivity contribution in [3.63, 3.8) is 0 Å². The lowest BCUT2D eigenvalue weighted by Crippen LogP contribution is -2.40. The molecule has 138 valence electrons. The van der Waals surface area contributed by atoms with Gasteiger partial charge in [-0.25, -0.2) is 0 Å². The molecule has 0 radical (unpaired) electrons. The number of halogens is 1. The van der Waals surface area contributed by atoms with E-state index in [1.807, 2.05) is 12.1 Å². The van der Waals surface area contributed by atoms with Gasteiger partial charge < -0.3 is 19.8 Å². The summed E-state index contributed by atoms with van der Waals surface area (Å²) in [7, 11) is 0. The Balaban J connectivity index is 0.00000288. The van der Waals surface area contributed by atoms with Gasteiger partial charge in [0.15, 0.2) is 5.96 Å². The Morgan fingerprint density at radius 1 is 1.29 bits per heavy atom. The molecule has 24 heavy (non-hydrogen) atoms. The van der Waals surface area contributed by atoms with Gasteiger partial charge in [0.2, 0.25) is 0 Å². The number of furan rings is 1. The van der Waals surface area contributed by atoms with Crippen LogP contribution in [0.25, 0.3) is 0 Å². The first-order valence-electron chi connectivity index (χ1n) is 9.04. The standard InChI is InChI=1S/C18H31N3O2.HI/c1-2-3-11-19-18(21-13-10-17-8-6-15-23-17)20-12-9-16-7-4-5-14-22-16;/h6,8,15-16H,2-5,7,9-14H2,1H3,(H2,19,20,21);1H. The second kappa shape index (κ2) is 13.5. The van der Waals surface area contributed by atoms with Gasteiger partial charge in [0.25, 0.3) is 0 Å². The van der Waals surface area contributed by atoms with Gasteiger partial charge in [-0.3, -0.25) is 4.99 Å². The van der Waals surface area contributed by atoms with E-state index in [9.17, 15) is 0 Å². The van der Waals surface area contributed by atoms with E-state index in [0.717, 1.165) is 57.2 Å². The molecule has 0 spiro atoms. The number of ether oxygens (including phenoxy) is 1. The summed E-state index contributed by atoms with van der Waals surface area (Å²) >= 11 is 0. The Morgan fingerprint density at radius 2 is 2.17 bits per heavy atom. The van der Waals surface area contributed by atoms with Crippen LogP contribution < -0.4 is 10.6 Å². The largest absolute Gasteiger partial charge is 0.469 e. The average molecular weight is 449 g/mol. The second-order valence-electron chi connectivity index (χ2n) is 6.04. The third-order valence-electron chi connectivity index (χ3n) is 4.06. The summed E-state index contributed by atoms with van der Waals surface area (Å²) < 4.78 is 11.1. The van der Waals surface area contributed by atoms with E-state index >= 15 is 0 Å². The predicted molar refractivity (Wildman–Crippen MR) is 109 cm³/mol. The third kappa shape index (κ3) is 8.92. The highest BCUT2D eigenvalue weighted by molar-refractivity contribution is 14.0. The summed E-state index contributed by atoms with van der Waals surface area (Å²) in [4.78, 5) is 4.64. The molecule has 0 aromatic carbocycles. The van der Waals surface area contributed by atoms with Gasteiger partial charge in [-0.05, 0) is 44.2 Å². The van der Waals surface area contributed by atoms with E-state index in [4.69, 9.17) is 9.15 Å². The molecule has 0 aliphatic carbocycles. The SMILES string of the molecule is CCCCN=C(NCCc1ccco1)NCCC1CCCCO1.I. The highest BCUT2D eigenvalue weighted by Gasteiger charge is 2.13. The van der Waals surface area contributed by atoms with Crippen LogP contribution in [-0.2, 0) is 11.2 Å². The van der Waals surface area contributed by atoms with Gasteiger partial charge >= 0.3 is 0 Å². The fourth-order valence-electron chi connectivity index (χ4n) is 2.67. The van der Waals surface area contributed by atoms with Crippen molar-refractivity contribution in [1.82, 2.24) is 10.6 Å². The monoisotopic (exact) mass is 449 g/mol. The Kier molecular flexibility index (Phi) is 12.0. The maximum absolute atomic E-state index is 5.78. The van der Waals surface area contributed by atoms with Crippen molar-refractivity contribution in [2.24, 2.45) is 4.99 Å². The molecule has 0 bridgehead atoms.